The van der Waals surface area contributed by atoms with Crippen molar-refractivity contribution in [3.05, 3.63) is 11.8 Å². The highest BCUT2D eigenvalue weighted by Gasteiger charge is 2.61. The van der Waals surface area contributed by atoms with Gasteiger partial charge in [-0.05, 0) is 11.8 Å². The number of amides is 1. The number of aliphatic hydroxyl groups excluding tert-OH is 2. The standard InChI is InChI=1S/C12H17N5O4/c13-12-16-10-4(11(20)17-12)3(2-15-10)1-14-5-6(18)7(19)9-8(5)21-9/h2,4-10,14-15,18-19H,1H2,(H3,13,16,17,20). The minimum atomic E-state index is -0.853. The van der Waals surface area contributed by atoms with Gasteiger partial charge in [-0.25, -0.2) is 4.99 Å². The molecular formula is C12H17N5O4. The lowest BCUT2D eigenvalue weighted by atomic mass is 9.97. The van der Waals surface area contributed by atoms with Crippen LogP contribution in [0.5, 0.6) is 0 Å². The number of nitrogens with one attached hydrogen (secondary N) is 3. The van der Waals surface area contributed by atoms with E-state index in [-0.39, 0.29) is 36.3 Å². The monoisotopic (exact) mass is 295 g/mol. The lowest BCUT2D eigenvalue weighted by molar-refractivity contribution is -0.123. The lowest BCUT2D eigenvalue weighted by Crippen LogP contribution is -2.52. The molecule has 0 aromatic rings. The first kappa shape index (κ1) is 13.0. The SMILES string of the molecule is NC1=NC2NC=C(CNC3C(O)C(O)C4OC34)C2C(=O)N1. The molecule has 21 heavy (non-hydrogen) atoms. The van der Waals surface area contributed by atoms with E-state index in [2.05, 4.69) is 20.9 Å². The van der Waals surface area contributed by atoms with E-state index in [9.17, 15) is 15.0 Å². The largest absolute Gasteiger partial charge is 0.389 e. The van der Waals surface area contributed by atoms with Gasteiger partial charge in [0.15, 0.2) is 5.96 Å². The molecule has 9 nitrogen and oxygen atoms in total. The van der Waals surface area contributed by atoms with Crippen molar-refractivity contribution >= 4 is 11.9 Å². The summed E-state index contributed by atoms with van der Waals surface area (Å²) in [6.07, 6.45) is -0.767. The average Bonchev–Trinajstić information content (AvgIpc) is 3.05. The third kappa shape index (κ3) is 1.93. The number of epoxide rings is 1. The molecule has 114 valence electrons. The van der Waals surface area contributed by atoms with Gasteiger partial charge in [-0.2, -0.15) is 0 Å². The van der Waals surface area contributed by atoms with Crippen LogP contribution in [-0.4, -0.2) is 65.2 Å². The highest BCUT2D eigenvalue weighted by Crippen LogP contribution is 2.39. The molecule has 0 radical (unpaired) electrons. The summed E-state index contributed by atoms with van der Waals surface area (Å²) in [5, 5.41) is 28.3. The molecule has 1 aliphatic carbocycles. The molecule has 0 aromatic heterocycles. The lowest BCUT2D eigenvalue weighted by Gasteiger charge is -2.25. The summed E-state index contributed by atoms with van der Waals surface area (Å²) in [5.74, 6) is -0.498. The zero-order valence-corrected chi connectivity index (χ0v) is 11.1. The van der Waals surface area contributed by atoms with Gasteiger partial charge in [0, 0.05) is 6.54 Å². The highest BCUT2D eigenvalue weighted by atomic mass is 16.6. The molecule has 7 unspecified atom stereocenters. The number of guanidine groups is 1. The first-order valence-corrected chi connectivity index (χ1v) is 6.90. The van der Waals surface area contributed by atoms with Crippen LogP contribution in [0.4, 0.5) is 0 Å². The fraction of sp³-hybridized carbons (Fsp3) is 0.667. The summed E-state index contributed by atoms with van der Waals surface area (Å²) in [6.45, 7) is 0.401. The number of fused-ring (bicyclic) bond motifs is 2. The molecule has 2 fully saturated rings. The van der Waals surface area contributed by atoms with Gasteiger partial charge in [-0.15, -0.1) is 0 Å². The number of aliphatic hydroxyl groups is 2. The topological polar surface area (TPSA) is 145 Å². The van der Waals surface area contributed by atoms with Crippen LogP contribution in [0, 0.1) is 5.92 Å². The molecular weight excluding hydrogens is 278 g/mol. The quantitative estimate of drug-likeness (QED) is 0.294. The van der Waals surface area contributed by atoms with E-state index in [1.807, 2.05) is 0 Å². The van der Waals surface area contributed by atoms with Gasteiger partial charge in [-0.3, -0.25) is 10.1 Å². The summed E-state index contributed by atoms with van der Waals surface area (Å²) in [7, 11) is 0. The fourth-order valence-corrected chi connectivity index (χ4v) is 3.33. The fourth-order valence-electron chi connectivity index (χ4n) is 3.33. The number of rotatable bonds is 3. The van der Waals surface area contributed by atoms with Gasteiger partial charge in [0.25, 0.3) is 0 Å². The third-order valence-electron chi connectivity index (χ3n) is 4.48. The maximum absolute atomic E-state index is 12.0. The molecule has 0 bridgehead atoms. The van der Waals surface area contributed by atoms with Crippen LogP contribution >= 0.6 is 0 Å². The first-order chi connectivity index (χ1) is 10.1. The second-order valence-corrected chi connectivity index (χ2v) is 5.77. The summed E-state index contributed by atoms with van der Waals surface area (Å²) < 4.78 is 5.28. The van der Waals surface area contributed by atoms with Crippen LogP contribution in [0.15, 0.2) is 16.8 Å². The number of hydrogen-bond donors (Lipinski definition) is 6. The number of aliphatic imine (C=N–C) groups is 1. The average molecular weight is 295 g/mol. The molecule has 7 atom stereocenters. The van der Waals surface area contributed by atoms with Crippen molar-refractivity contribution in [3.8, 4) is 0 Å². The molecule has 4 aliphatic rings. The Bertz CT molecular complexity index is 550. The minimum Gasteiger partial charge on any atom is -0.389 e. The number of carbonyl (C=O) groups is 1. The molecule has 4 rings (SSSR count). The smallest absolute Gasteiger partial charge is 0.238 e. The molecule has 1 saturated heterocycles. The van der Waals surface area contributed by atoms with E-state index in [4.69, 9.17) is 10.5 Å². The zero-order valence-electron chi connectivity index (χ0n) is 11.1. The number of nitrogens with zero attached hydrogens (tertiary/aromatic N) is 1. The van der Waals surface area contributed by atoms with Gasteiger partial charge in [0.2, 0.25) is 5.91 Å². The maximum atomic E-state index is 12.0. The molecule has 9 heteroatoms. The van der Waals surface area contributed by atoms with Crippen molar-refractivity contribution in [1.29, 1.82) is 0 Å². The summed E-state index contributed by atoms with van der Waals surface area (Å²) >= 11 is 0. The van der Waals surface area contributed by atoms with Gasteiger partial charge >= 0.3 is 0 Å². The molecule has 3 heterocycles. The number of hydrogen-bond acceptors (Lipinski definition) is 8. The van der Waals surface area contributed by atoms with E-state index < -0.39 is 18.1 Å². The van der Waals surface area contributed by atoms with E-state index in [0.29, 0.717) is 6.54 Å². The first-order valence-electron chi connectivity index (χ1n) is 6.90. The normalized spacial score (nSPS) is 47.0. The Morgan fingerprint density at radius 3 is 2.90 bits per heavy atom. The van der Waals surface area contributed by atoms with Crippen LogP contribution in [-0.2, 0) is 9.53 Å². The third-order valence-corrected chi connectivity index (χ3v) is 4.48. The Labute approximate surface area is 120 Å². The summed E-state index contributed by atoms with van der Waals surface area (Å²) in [6, 6.07) is -0.329. The minimum absolute atomic E-state index is 0.111. The molecule has 0 spiro atoms. The van der Waals surface area contributed by atoms with Gasteiger partial charge in [-0.1, -0.05) is 0 Å². The van der Waals surface area contributed by atoms with Gasteiger partial charge in [0.1, 0.15) is 36.5 Å². The summed E-state index contributed by atoms with van der Waals surface area (Å²) in [5.41, 5.74) is 6.35. The second-order valence-electron chi connectivity index (χ2n) is 5.77. The van der Waals surface area contributed by atoms with Gasteiger partial charge < -0.3 is 31.3 Å². The van der Waals surface area contributed by atoms with Crippen molar-refractivity contribution in [2.75, 3.05) is 6.54 Å². The van der Waals surface area contributed by atoms with Crippen molar-refractivity contribution in [2.24, 2.45) is 16.6 Å². The number of carbonyl (C=O) groups excluding carboxylic acids is 1. The van der Waals surface area contributed by atoms with Crippen LogP contribution in [0.1, 0.15) is 0 Å². The Morgan fingerprint density at radius 2 is 2.19 bits per heavy atom. The van der Waals surface area contributed by atoms with Crippen LogP contribution < -0.4 is 21.7 Å². The Hall–Kier alpha value is -1.68. The van der Waals surface area contributed by atoms with Crippen molar-refractivity contribution in [3.63, 3.8) is 0 Å². The van der Waals surface area contributed by atoms with E-state index >= 15 is 0 Å². The second kappa shape index (κ2) is 4.41. The van der Waals surface area contributed by atoms with Crippen LogP contribution in [0.3, 0.4) is 0 Å². The van der Waals surface area contributed by atoms with Crippen LogP contribution in [0.25, 0.3) is 0 Å². The van der Waals surface area contributed by atoms with E-state index in [1.54, 1.807) is 6.20 Å². The Morgan fingerprint density at radius 1 is 1.38 bits per heavy atom. The van der Waals surface area contributed by atoms with E-state index in [0.717, 1.165) is 5.57 Å². The van der Waals surface area contributed by atoms with Crippen molar-refractivity contribution in [2.45, 2.75) is 36.6 Å². The molecule has 3 aliphatic heterocycles. The highest BCUT2D eigenvalue weighted by molar-refractivity contribution is 6.01. The Balaban J connectivity index is 1.41. The molecule has 0 aromatic carbocycles. The van der Waals surface area contributed by atoms with Crippen molar-refractivity contribution < 1.29 is 19.7 Å². The maximum Gasteiger partial charge on any atom is 0.238 e. The number of ether oxygens (including phenoxy) is 1. The van der Waals surface area contributed by atoms with Crippen LogP contribution in [0.2, 0.25) is 0 Å². The Kier molecular flexibility index (Phi) is 2.73. The van der Waals surface area contributed by atoms with E-state index in [1.165, 1.54) is 0 Å². The van der Waals surface area contributed by atoms with Gasteiger partial charge in [0.05, 0.1) is 6.04 Å². The predicted octanol–water partition coefficient (Wildman–Crippen LogP) is -3.68. The number of nitrogens with two attached hydrogens (primary N) is 1. The molecule has 1 amide bonds. The predicted molar refractivity (Wildman–Crippen MR) is 70.7 cm³/mol. The molecule has 7 N–H and O–H groups in total. The molecule has 1 saturated carbocycles. The van der Waals surface area contributed by atoms with Crippen molar-refractivity contribution in [1.82, 2.24) is 16.0 Å². The zero-order chi connectivity index (χ0) is 14.7. The summed E-state index contributed by atoms with van der Waals surface area (Å²) in [4.78, 5) is 16.1.